The Kier molecular flexibility index (Phi) is 4.13. The van der Waals surface area contributed by atoms with Crippen LogP contribution in [0, 0.1) is 6.92 Å². The first-order chi connectivity index (χ1) is 13.6. The number of hydrogen-bond donors (Lipinski definition) is 0. The Morgan fingerprint density at radius 3 is 2.75 bits per heavy atom. The summed E-state index contributed by atoms with van der Waals surface area (Å²) in [5, 5.41) is 12.4. The Morgan fingerprint density at radius 1 is 1.21 bits per heavy atom. The fourth-order valence-electron chi connectivity index (χ4n) is 3.03. The third-order valence-corrected chi connectivity index (χ3v) is 6.42. The lowest BCUT2D eigenvalue weighted by Crippen LogP contribution is -2.21. The van der Waals surface area contributed by atoms with Crippen LogP contribution in [0.25, 0.3) is 11.4 Å². The molecule has 0 N–H and O–H groups in total. The lowest BCUT2D eigenvalue weighted by molar-refractivity contribution is 0.630. The first-order valence-electron chi connectivity index (χ1n) is 8.77. The SMILES string of the molecule is Cc1c(-n2nnnc2Sc2nc(C3CC3)ns2)c(=O)n(-c2ccccc2)n1C. The zero-order valence-electron chi connectivity index (χ0n) is 15.2. The molecule has 0 saturated heterocycles. The fraction of sp³-hybridized carbons (Fsp3) is 0.294. The van der Waals surface area contributed by atoms with Crippen LogP contribution in [0.3, 0.4) is 0 Å². The monoisotopic (exact) mass is 412 g/mol. The predicted molar refractivity (Wildman–Crippen MR) is 104 cm³/mol. The van der Waals surface area contributed by atoms with E-state index in [9.17, 15) is 4.79 Å². The van der Waals surface area contributed by atoms with Gasteiger partial charge in [-0.05, 0) is 65.6 Å². The van der Waals surface area contributed by atoms with Crippen molar-refractivity contribution in [2.75, 3.05) is 0 Å². The molecule has 1 aliphatic carbocycles. The highest BCUT2D eigenvalue weighted by Gasteiger charge is 2.28. The predicted octanol–water partition coefficient (Wildman–Crippen LogP) is 2.34. The Hall–Kier alpha value is -2.79. The van der Waals surface area contributed by atoms with Crippen LogP contribution in [0.1, 0.15) is 30.3 Å². The van der Waals surface area contributed by atoms with Crippen LogP contribution in [-0.2, 0) is 7.05 Å². The number of para-hydroxylation sites is 1. The number of benzene rings is 1. The second kappa shape index (κ2) is 6.67. The Bertz CT molecular complexity index is 1200. The molecule has 1 aliphatic rings. The highest BCUT2D eigenvalue weighted by Crippen LogP contribution is 2.40. The molecule has 0 atom stereocenters. The van der Waals surface area contributed by atoms with E-state index in [0.29, 0.717) is 16.8 Å². The molecule has 3 heterocycles. The van der Waals surface area contributed by atoms with Gasteiger partial charge >= 0.3 is 0 Å². The van der Waals surface area contributed by atoms with Gasteiger partial charge in [0.25, 0.3) is 5.56 Å². The zero-order valence-corrected chi connectivity index (χ0v) is 16.8. The van der Waals surface area contributed by atoms with Gasteiger partial charge in [-0.2, -0.15) is 9.06 Å². The molecule has 1 fully saturated rings. The van der Waals surface area contributed by atoms with E-state index >= 15 is 0 Å². The molecule has 9 nitrogen and oxygen atoms in total. The second-order valence-corrected chi connectivity index (χ2v) is 8.54. The molecule has 1 aromatic carbocycles. The normalized spacial score (nSPS) is 13.9. The van der Waals surface area contributed by atoms with Crippen molar-refractivity contribution in [1.29, 1.82) is 0 Å². The van der Waals surface area contributed by atoms with E-state index in [1.165, 1.54) is 28.0 Å². The van der Waals surface area contributed by atoms with Crippen molar-refractivity contribution < 1.29 is 0 Å². The van der Waals surface area contributed by atoms with E-state index in [4.69, 9.17) is 0 Å². The van der Waals surface area contributed by atoms with E-state index in [1.54, 1.807) is 9.36 Å². The topological polar surface area (TPSA) is 96.3 Å². The fourth-order valence-corrected chi connectivity index (χ4v) is 4.60. The van der Waals surface area contributed by atoms with Crippen LogP contribution in [0.2, 0.25) is 0 Å². The molecule has 11 heteroatoms. The van der Waals surface area contributed by atoms with E-state index in [-0.39, 0.29) is 5.56 Å². The molecule has 4 aromatic rings. The molecule has 5 rings (SSSR count). The molecule has 0 aliphatic heterocycles. The molecule has 0 amide bonds. The summed E-state index contributed by atoms with van der Waals surface area (Å²) in [6, 6.07) is 9.49. The van der Waals surface area contributed by atoms with Gasteiger partial charge in [-0.25, -0.2) is 9.67 Å². The Balaban J connectivity index is 1.55. The van der Waals surface area contributed by atoms with Gasteiger partial charge < -0.3 is 0 Å². The smallest absolute Gasteiger partial charge is 0.283 e. The summed E-state index contributed by atoms with van der Waals surface area (Å²) in [4.78, 5) is 17.8. The maximum absolute atomic E-state index is 13.2. The number of aromatic nitrogens is 8. The minimum Gasteiger partial charge on any atom is -0.283 e. The molecule has 1 saturated carbocycles. The third-order valence-electron chi connectivity index (χ3n) is 4.72. The molecule has 3 aromatic heterocycles. The van der Waals surface area contributed by atoms with Gasteiger partial charge in [-0.15, -0.1) is 5.10 Å². The number of rotatable bonds is 5. The molecule has 0 unspecified atom stereocenters. The van der Waals surface area contributed by atoms with E-state index in [2.05, 4.69) is 24.9 Å². The summed E-state index contributed by atoms with van der Waals surface area (Å²) in [7, 11) is 1.84. The van der Waals surface area contributed by atoms with E-state index < -0.39 is 0 Å². The average Bonchev–Trinajstić information content (AvgIpc) is 3.21. The third kappa shape index (κ3) is 2.87. The van der Waals surface area contributed by atoms with Crippen molar-refractivity contribution in [3.63, 3.8) is 0 Å². The van der Waals surface area contributed by atoms with Gasteiger partial charge in [0.05, 0.1) is 11.4 Å². The summed E-state index contributed by atoms with van der Waals surface area (Å²) in [5.74, 6) is 1.39. The highest BCUT2D eigenvalue weighted by atomic mass is 32.2. The van der Waals surface area contributed by atoms with Crippen molar-refractivity contribution in [2.24, 2.45) is 7.05 Å². The van der Waals surface area contributed by atoms with Crippen LogP contribution < -0.4 is 5.56 Å². The zero-order chi connectivity index (χ0) is 19.3. The molecular formula is C17H16N8OS2. The van der Waals surface area contributed by atoms with E-state index in [0.717, 1.165) is 34.4 Å². The Labute approximate surface area is 168 Å². The maximum Gasteiger partial charge on any atom is 0.297 e. The lowest BCUT2D eigenvalue weighted by Gasteiger charge is -2.07. The molecule has 0 spiro atoms. The van der Waals surface area contributed by atoms with Crippen molar-refractivity contribution in [2.45, 2.75) is 35.2 Å². The van der Waals surface area contributed by atoms with Gasteiger partial charge in [0.15, 0.2) is 10.0 Å². The number of hydrogen-bond acceptors (Lipinski definition) is 8. The van der Waals surface area contributed by atoms with Gasteiger partial charge in [-0.1, -0.05) is 18.2 Å². The lowest BCUT2D eigenvalue weighted by atomic mass is 10.3. The summed E-state index contributed by atoms with van der Waals surface area (Å²) in [5.41, 5.74) is 1.78. The minimum absolute atomic E-state index is 0.184. The second-order valence-electron chi connectivity index (χ2n) is 6.58. The Morgan fingerprint density at radius 2 is 2.00 bits per heavy atom. The van der Waals surface area contributed by atoms with Crippen LogP contribution in [0.15, 0.2) is 44.6 Å². The number of tetrazole rings is 1. The minimum atomic E-state index is -0.184. The summed E-state index contributed by atoms with van der Waals surface area (Å²) < 4.78 is 10.1. The van der Waals surface area contributed by atoms with Crippen molar-refractivity contribution in [3.05, 3.63) is 52.2 Å². The van der Waals surface area contributed by atoms with Gasteiger partial charge in [0, 0.05) is 13.0 Å². The highest BCUT2D eigenvalue weighted by molar-refractivity contribution is 8.00. The van der Waals surface area contributed by atoms with Crippen LogP contribution in [0.4, 0.5) is 0 Å². The first kappa shape index (κ1) is 17.3. The van der Waals surface area contributed by atoms with Crippen LogP contribution in [0.5, 0.6) is 0 Å². The maximum atomic E-state index is 13.2. The quantitative estimate of drug-likeness (QED) is 0.496. The molecule has 28 heavy (non-hydrogen) atoms. The van der Waals surface area contributed by atoms with Crippen molar-refractivity contribution in [3.8, 4) is 11.4 Å². The molecule has 0 radical (unpaired) electrons. The summed E-state index contributed by atoms with van der Waals surface area (Å²) in [6.07, 6.45) is 2.31. The summed E-state index contributed by atoms with van der Waals surface area (Å²) in [6.45, 7) is 1.88. The average molecular weight is 413 g/mol. The standard InChI is InChI=1S/C17H16N8OS2/c1-10-13(15(26)25(23(10)2)12-6-4-3-5-7-12)24-16(19-21-22-24)27-17-18-14(20-28-17)11-8-9-11/h3-7,11H,8-9H2,1-2H3. The van der Waals surface area contributed by atoms with Gasteiger partial charge in [0.2, 0.25) is 5.16 Å². The number of nitrogens with zero attached hydrogens (tertiary/aromatic N) is 8. The molecular weight excluding hydrogens is 396 g/mol. The van der Waals surface area contributed by atoms with Gasteiger partial charge in [0.1, 0.15) is 5.82 Å². The molecule has 142 valence electrons. The first-order valence-corrected chi connectivity index (χ1v) is 10.4. The van der Waals surface area contributed by atoms with Crippen molar-refractivity contribution >= 4 is 23.3 Å². The largest absolute Gasteiger partial charge is 0.297 e. The van der Waals surface area contributed by atoms with Crippen LogP contribution in [-0.4, -0.2) is 38.9 Å². The molecule has 0 bridgehead atoms. The van der Waals surface area contributed by atoms with Crippen LogP contribution >= 0.6 is 23.3 Å². The van der Waals surface area contributed by atoms with Crippen molar-refractivity contribution in [1.82, 2.24) is 38.9 Å². The van der Waals surface area contributed by atoms with Gasteiger partial charge in [-0.3, -0.25) is 9.48 Å². The van der Waals surface area contributed by atoms with E-state index in [1.807, 2.05) is 44.3 Å². The summed E-state index contributed by atoms with van der Waals surface area (Å²) >= 11 is 2.66.